The molecule has 0 rings (SSSR count). The molecule has 0 aliphatic rings. The predicted octanol–water partition coefficient (Wildman–Crippen LogP) is 10.8. The number of hydrogen-bond donors (Lipinski definition) is 0. The Kier molecular flexibility index (Phi) is 20.8. The standard InChI is InChI=1S/C28H58S2/c1-27(2,3)21-15-9-13-19-25-29-23-17-11-7-8-12-18-24-30-26-20-14-10-16-22-28(4,5)6/h7-26H2,1-6H3. The van der Waals surface area contributed by atoms with Gasteiger partial charge >= 0.3 is 0 Å². The molecule has 182 valence electrons. The lowest BCUT2D eigenvalue weighted by atomic mass is 9.89. The van der Waals surface area contributed by atoms with Crippen LogP contribution in [-0.2, 0) is 0 Å². The fraction of sp³-hybridized carbons (Fsp3) is 1.00. The summed E-state index contributed by atoms with van der Waals surface area (Å²) in [5.74, 6) is 5.58. The van der Waals surface area contributed by atoms with Crippen LogP contribution < -0.4 is 0 Å². The van der Waals surface area contributed by atoms with Crippen molar-refractivity contribution in [1.29, 1.82) is 0 Å². The molecule has 0 unspecified atom stereocenters. The molecule has 0 radical (unpaired) electrons. The first-order valence-electron chi connectivity index (χ1n) is 13.4. The molecule has 0 aliphatic carbocycles. The summed E-state index contributed by atoms with van der Waals surface area (Å²) in [5.41, 5.74) is 1.05. The lowest BCUT2D eigenvalue weighted by Crippen LogP contribution is -2.03. The summed E-state index contributed by atoms with van der Waals surface area (Å²) < 4.78 is 0. The highest BCUT2D eigenvalue weighted by molar-refractivity contribution is 7.99. The summed E-state index contributed by atoms with van der Waals surface area (Å²) in [4.78, 5) is 0. The van der Waals surface area contributed by atoms with Crippen LogP contribution >= 0.6 is 23.5 Å². The first-order chi connectivity index (χ1) is 14.2. The zero-order valence-electron chi connectivity index (χ0n) is 22.0. The van der Waals surface area contributed by atoms with E-state index in [2.05, 4.69) is 65.1 Å². The monoisotopic (exact) mass is 458 g/mol. The summed E-state index contributed by atoms with van der Waals surface area (Å²) in [7, 11) is 0. The van der Waals surface area contributed by atoms with Crippen LogP contribution in [0.15, 0.2) is 0 Å². The molecular formula is C28H58S2. The van der Waals surface area contributed by atoms with Crippen molar-refractivity contribution in [3.05, 3.63) is 0 Å². The lowest BCUT2D eigenvalue weighted by molar-refractivity contribution is 0.357. The highest BCUT2D eigenvalue weighted by Crippen LogP contribution is 2.23. The minimum atomic E-state index is 0.527. The molecule has 0 aromatic rings. The maximum Gasteiger partial charge on any atom is -0.00675 e. The zero-order valence-corrected chi connectivity index (χ0v) is 23.6. The van der Waals surface area contributed by atoms with Gasteiger partial charge in [0.25, 0.3) is 0 Å². The SMILES string of the molecule is CC(C)(C)CCCCCCSCCCCCCCCSCCCCCCC(C)(C)C. The Morgan fingerprint density at radius 2 is 0.567 bits per heavy atom. The fourth-order valence-corrected chi connectivity index (χ4v) is 5.79. The average Bonchev–Trinajstić information content (AvgIpc) is 2.64. The molecule has 0 aromatic carbocycles. The van der Waals surface area contributed by atoms with Gasteiger partial charge in [0.05, 0.1) is 0 Å². The average molecular weight is 459 g/mol. The molecular weight excluding hydrogens is 400 g/mol. The molecule has 0 nitrogen and oxygen atoms in total. The predicted molar refractivity (Wildman–Crippen MR) is 147 cm³/mol. The Balaban J connectivity index is 3.07. The molecule has 0 amide bonds. The van der Waals surface area contributed by atoms with E-state index < -0.39 is 0 Å². The molecule has 0 fully saturated rings. The summed E-state index contributed by atoms with van der Waals surface area (Å²) in [6.45, 7) is 14.2. The van der Waals surface area contributed by atoms with Crippen LogP contribution in [0.2, 0.25) is 0 Å². The van der Waals surface area contributed by atoms with Crippen LogP contribution in [0.1, 0.15) is 144 Å². The van der Waals surface area contributed by atoms with Crippen molar-refractivity contribution in [1.82, 2.24) is 0 Å². The van der Waals surface area contributed by atoms with Gasteiger partial charge in [-0.2, -0.15) is 23.5 Å². The Labute approximate surface area is 201 Å². The van der Waals surface area contributed by atoms with Crippen LogP contribution in [0.3, 0.4) is 0 Å². The second kappa shape index (κ2) is 20.3. The topological polar surface area (TPSA) is 0 Å². The van der Waals surface area contributed by atoms with Gasteiger partial charge in [-0.25, -0.2) is 0 Å². The van der Waals surface area contributed by atoms with E-state index in [1.807, 2.05) is 0 Å². The smallest absolute Gasteiger partial charge is 0.00675 e. The summed E-state index contributed by atoms with van der Waals surface area (Å²) in [6, 6.07) is 0. The van der Waals surface area contributed by atoms with E-state index >= 15 is 0 Å². The van der Waals surface area contributed by atoms with E-state index in [4.69, 9.17) is 0 Å². The quantitative estimate of drug-likeness (QED) is 0.157. The Bertz CT molecular complexity index is 304. The van der Waals surface area contributed by atoms with Crippen LogP contribution in [-0.4, -0.2) is 23.0 Å². The van der Waals surface area contributed by atoms with Gasteiger partial charge in [0.15, 0.2) is 0 Å². The van der Waals surface area contributed by atoms with E-state index in [0.29, 0.717) is 10.8 Å². The number of unbranched alkanes of at least 4 members (excludes halogenated alkanes) is 11. The van der Waals surface area contributed by atoms with E-state index in [9.17, 15) is 0 Å². The molecule has 0 aromatic heterocycles. The molecule has 30 heavy (non-hydrogen) atoms. The van der Waals surface area contributed by atoms with E-state index in [0.717, 1.165) is 0 Å². The number of rotatable bonds is 21. The molecule has 0 saturated heterocycles. The van der Waals surface area contributed by atoms with Gasteiger partial charge < -0.3 is 0 Å². The summed E-state index contributed by atoms with van der Waals surface area (Å²) in [6.07, 6.45) is 23.0. The minimum absolute atomic E-state index is 0.527. The molecule has 0 atom stereocenters. The largest absolute Gasteiger partial charge is 0.162 e. The molecule has 0 aliphatic heterocycles. The maximum atomic E-state index is 2.36. The third-order valence-corrected chi connectivity index (χ3v) is 8.07. The van der Waals surface area contributed by atoms with Gasteiger partial charge in [0.1, 0.15) is 0 Å². The number of hydrogen-bond acceptors (Lipinski definition) is 2. The van der Waals surface area contributed by atoms with Crippen molar-refractivity contribution >= 4 is 23.5 Å². The van der Waals surface area contributed by atoms with Crippen LogP contribution in [0.25, 0.3) is 0 Å². The number of thioether (sulfide) groups is 2. The Morgan fingerprint density at radius 3 is 0.833 bits per heavy atom. The van der Waals surface area contributed by atoms with E-state index in [1.165, 1.54) is 126 Å². The maximum absolute atomic E-state index is 2.36. The van der Waals surface area contributed by atoms with Gasteiger partial charge in [-0.15, -0.1) is 0 Å². The fourth-order valence-electron chi connectivity index (χ4n) is 3.75. The molecule has 0 saturated carbocycles. The molecule has 0 N–H and O–H groups in total. The van der Waals surface area contributed by atoms with Crippen molar-refractivity contribution in [3.8, 4) is 0 Å². The highest BCUT2D eigenvalue weighted by atomic mass is 32.2. The second-order valence-electron chi connectivity index (χ2n) is 11.8. The first kappa shape index (κ1) is 30.7. The van der Waals surface area contributed by atoms with Crippen molar-refractivity contribution in [2.24, 2.45) is 10.8 Å². The van der Waals surface area contributed by atoms with E-state index in [1.54, 1.807) is 0 Å². The third-order valence-electron chi connectivity index (χ3n) is 5.76. The minimum Gasteiger partial charge on any atom is -0.162 e. The van der Waals surface area contributed by atoms with E-state index in [-0.39, 0.29) is 0 Å². The third kappa shape index (κ3) is 28.7. The van der Waals surface area contributed by atoms with Crippen LogP contribution in [0.4, 0.5) is 0 Å². The Hall–Kier alpha value is 0.700. The lowest BCUT2D eigenvalue weighted by Gasteiger charge is -2.17. The highest BCUT2D eigenvalue weighted by Gasteiger charge is 2.09. The molecule has 2 heteroatoms. The van der Waals surface area contributed by atoms with Crippen LogP contribution in [0, 0.1) is 10.8 Å². The van der Waals surface area contributed by atoms with Crippen molar-refractivity contribution in [2.75, 3.05) is 23.0 Å². The summed E-state index contributed by atoms with van der Waals surface area (Å²) >= 11 is 4.40. The van der Waals surface area contributed by atoms with Crippen molar-refractivity contribution in [3.63, 3.8) is 0 Å². The van der Waals surface area contributed by atoms with Gasteiger partial charge in [0, 0.05) is 0 Å². The zero-order chi connectivity index (χ0) is 22.6. The second-order valence-corrected chi connectivity index (χ2v) is 14.2. The van der Waals surface area contributed by atoms with Gasteiger partial charge in [-0.3, -0.25) is 0 Å². The summed E-state index contributed by atoms with van der Waals surface area (Å²) in [5, 5.41) is 0. The van der Waals surface area contributed by atoms with Gasteiger partial charge in [-0.1, -0.05) is 106 Å². The Morgan fingerprint density at radius 1 is 0.333 bits per heavy atom. The normalized spacial score (nSPS) is 12.6. The van der Waals surface area contributed by atoms with Crippen molar-refractivity contribution in [2.45, 2.75) is 144 Å². The molecule has 0 bridgehead atoms. The van der Waals surface area contributed by atoms with Crippen LogP contribution in [0.5, 0.6) is 0 Å². The van der Waals surface area contributed by atoms with Crippen molar-refractivity contribution < 1.29 is 0 Å². The molecule has 0 spiro atoms. The first-order valence-corrected chi connectivity index (χ1v) is 15.7. The van der Waals surface area contributed by atoms with Gasteiger partial charge in [0.2, 0.25) is 0 Å². The van der Waals surface area contributed by atoms with Gasteiger partial charge in [-0.05, 0) is 72.4 Å². The molecule has 0 heterocycles.